The molecular weight excluding hydrogens is 339 g/mol. The van der Waals surface area contributed by atoms with Crippen molar-refractivity contribution in [2.75, 3.05) is 12.8 Å². The number of carbonyl (C=O) groups is 1. The van der Waals surface area contributed by atoms with Gasteiger partial charge in [-0.3, -0.25) is 4.79 Å². The van der Waals surface area contributed by atoms with Gasteiger partial charge in [-0.15, -0.1) is 24.2 Å². The zero-order valence-corrected chi connectivity index (χ0v) is 14.1. The van der Waals surface area contributed by atoms with Gasteiger partial charge in [0.2, 0.25) is 0 Å². The van der Waals surface area contributed by atoms with E-state index in [1.807, 2.05) is 6.26 Å². The van der Waals surface area contributed by atoms with Crippen molar-refractivity contribution >= 4 is 53.3 Å². The van der Waals surface area contributed by atoms with E-state index in [1.165, 1.54) is 11.8 Å². The van der Waals surface area contributed by atoms with Crippen LogP contribution in [0, 0.1) is 5.92 Å². The fraction of sp³-hybridized carbons (Fsp3) is 0.462. The molecule has 7 heteroatoms. The maximum absolute atomic E-state index is 12.2. The number of nitrogens with two attached hydrogens (primary N) is 1. The fourth-order valence-corrected chi connectivity index (χ4v) is 3.16. The number of rotatable bonds is 5. The number of halogens is 3. The van der Waals surface area contributed by atoms with E-state index in [4.69, 9.17) is 28.9 Å². The SMILES string of the molecule is CSc1cc(C(=O)NC(CN)C2CC2)c(Cl)cc1Cl.Cl. The van der Waals surface area contributed by atoms with Gasteiger partial charge in [0.05, 0.1) is 15.6 Å². The summed E-state index contributed by atoms with van der Waals surface area (Å²) in [4.78, 5) is 13.1. The van der Waals surface area contributed by atoms with E-state index in [0.29, 0.717) is 28.1 Å². The van der Waals surface area contributed by atoms with Crippen molar-refractivity contribution in [2.24, 2.45) is 11.7 Å². The normalized spacial score (nSPS) is 15.4. The lowest BCUT2D eigenvalue weighted by atomic mass is 10.1. The van der Waals surface area contributed by atoms with Crippen molar-refractivity contribution in [1.82, 2.24) is 5.32 Å². The van der Waals surface area contributed by atoms with Crippen LogP contribution in [0.25, 0.3) is 0 Å². The Labute approximate surface area is 139 Å². The molecule has 1 aromatic carbocycles. The summed E-state index contributed by atoms with van der Waals surface area (Å²) in [5.74, 6) is 0.333. The van der Waals surface area contributed by atoms with Crippen LogP contribution in [0.5, 0.6) is 0 Å². The average Bonchev–Trinajstić information content (AvgIpc) is 3.20. The fourth-order valence-electron chi connectivity index (χ4n) is 1.97. The summed E-state index contributed by atoms with van der Waals surface area (Å²) in [7, 11) is 0. The maximum Gasteiger partial charge on any atom is 0.253 e. The van der Waals surface area contributed by atoms with Gasteiger partial charge in [0.1, 0.15) is 0 Å². The minimum Gasteiger partial charge on any atom is -0.348 e. The molecule has 1 unspecified atom stereocenters. The van der Waals surface area contributed by atoms with E-state index in [0.717, 1.165) is 17.7 Å². The Bertz CT molecular complexity index is 495. The second kappa shape index (κ2) is 7.76. The molecule has 0 aliphatic heterocycles. The summed E-state index contributed by atoms with van der Waals surface area (Å²) < 4.78 is 0. The van der Waals surface area contributed by atoms with Crippen LogP contribution in [0.2, 0.25) is 10.0 Å². The summed E-state index contributed by atoms with van der Waals surface area (Å²) in [6, 6.07) is 3.38. The van der Waals surface area contributed by atoms with Crippen LogP contribution >= 0.6 is 47.4 Å². The topological polar surface area (TPSA) is 55.1 Å². The number of nitrogens with one attached hydrogen (secondary N) is 1. The van der Waals surface area contributed by atoms with Crippen molar-refractivity contribution in [3.05, 3.63) is 27.7 Å². The third-order valence-electron chi connectivity index (χ3n) is 3.25. The molecule has 0 radical (unpaired) electrons. The van der Waals surface area contributed by atoms with Gasteiger partial charge in [-0.2, -0.15) is 0 Å². The van der Waals surface area contributed by atoms with Gasteiger partial charge in [0.15, 0.2) is 0 Å². The van der Waals surface area contributed by atoms with Gasteiger partial charge in [-0.25, -0.2) is 0 Å². The highest BCUT2D eigenvalue weighted by Crippen LogP contribution is 2.33. The van der Waals surface area contributed by atoms with Crippen LogP contribution in [-0.2, 0) is 0 Å². The molecule has 1 aliphatic rings. The largest absolute Gasteiger partial charge is 0.348 e. The summed E-state index contributed by atoms with van der Waals surface area (Å²) >= 11 is 13.6. The Morgan fingerprint density at radius 2 is 2.10 bits per heavy atom. The third kappa shape index (κ3) is 4.18. The second-order valence-corrected chi connectivity index (χ2v) is 6.28. The van der Waals surface area contributed by atoms with Gasteiger partial charge >= 0.3 is 0 Å². The van der Waals surface area contributed by atoms with Crippen LogP contribution < -0.4 is 11.1 Å². The minimum absolute atomic E-state index is 0. The highest BCUT2D eigenvalue weighted by molar-refractivity contribution is 7.98. The molecule has 2 rings (SSSR count). The van der Waals surface area contributed by atoms with E-state index < -0.39 is 0 Å². The smallest absolute Gasteiger partial charge is 0.253 e. The molecule has 0 heterocycles. The average molecular weight is 356 g/mol. The third-order valence-corrected chi connectivity index (χ3v) is 4.76. The van der Waals surface area contributed by atoms with E-state index >= 15 is 0 Å². The monoisotopic (exact) mass is 354 g/mol. The minimum atomic E-state index is -0.181. The predicted octanol–water partition coefficient (Wildman–Crippen LogP) is 3.60. The molecule has 1 aliphatic carbocycles. The van der Waals surface area contributed by atoms with Crippen LogP contribution in [0.3, 0.4) is 0 Å². The maximum atomic E-state index is 12.2. The quantitative estimate of drug-likeness (QED) is 0.793. The van der Waals surface area contributed by atoms with Crippen LogP contribution in [0.15, 0.2) is 17.0 Å². The molecular formula is C13H17Cl3N2OS. The summed E-state index contributed by atoms with van der Waals surface area (Å²) in [6.07, 6.45) is 4.17. The van der Waals surface area contributed by atoms with Crippen molar-refractivity contribution in [3.8, 4) is 0 Å². The Hall–Kier alpha value is -0.130. The molecule has 3 N–H and O–H groups in total. The van der Waals surface area contributed by atoms with Gasteiger partial charge in [0, 0.05) is 17.5 Å². The highest BCUT2D eigenvalue weighted by atomic mass is 35.5. The molecule has 1 fully saturated rings. The second-order valence-electron chi connectivity index (χ2n) is 4.62. The molecule has 0 bridgehead atoms. The van der Waals surface area contributed by atoms with Crippen molar-refractivity contribution in [1.29, 1.82) is 0 Å². The molecule has 1 atom stereocenters. The summed E-state index contributed by atoms with van der Waals surface area (Å²) in [6.45, 7) is 0.455. The van der Waals surface area contributed by atoms with Gasteiger partial charge in [-0.1, -0.05) is 23.2 Å². The van der Waals surface area contributed by atoms with E-state index in [9.17, 15) is 4.79 Å². The number of thioether (sulfide) groups is 1. The van der Waals surface area contributed by atoms with Crippen molar-refractivity contribution in [3.63, 3.8) is 0 Å². The first kappa shape index (κ1) is 17.9. The van der Waals surface area contributed by atoms with E-state index in [2.05, 4.69) is 5.32 Å². The predicted molar refractivity (Wildman–Crippen MR) is 88.5 cm³/mol. The molecule has 0 spiro atoms. The Balaban J connectivity index is 0.00000200. The molecule has 112 valence electrons. The van der Waals surface area contributed by atoms with Crippen LogP contribution in [-0.4, -0.2) is 24.7 Å². The van der Waals surface area contributed by atoms with Crippen LogP contribution in [0.1, 0.15) is 23.2 Å². The van der Waals surface area contributed by atoms with Gasteiger partial charge < -0.3 is 11.1 Å². The molecule has 1 aromatic rings. The lowest BCUT2D eigenvalue weighted by Crippen LogP contribution is -2.41. The summed E-state index contributed by atoms with van der Waals surface area (Å²) in [5.41, 5.74) is 6.14. The zero-order chi connectivity index (χ0) is 14.0. The lowest BCUT2D eigenvalue weighted by molar-refractivity contribution is 0.0933. The van der Waals surface area contributed by atoms with E-state index in [1.54, 1.807) is 12.1 Å². The standard InChI is InChI=1S/C13H16Cl2N2OS.ClH/c1-19-12-4-8(9(14)5-10(12)15)13(18)17-11(6-16)7-2-3-7;/h4-5,7,11H,2-3,6,16H2,1H3,(H,17,18);1H. The van der Waals surface area contributed by atoms with Crippen molar-refractivity contribution < 1.29 is 4.79 Å². The Kier molecular flexibility index (Phi) is 6.95. The number of benzene rings is 1. The first-order chi connectivity index (χ1) is 9.06. The number of hydrogen-bond donors (Lipinski definition) is 2. The van der Waals surface area contributed by atoms with Crippen molar-refractivity contribution in [2.45, 2.75) is 23.8 Å². The van der Waals surface area contributed by atoms with E-state index in [-0.39, 0.29) is 24.4 Å². The highest BCUT2D eigenvalue weighted by Gasteiger charge is 2.31. The lowest BCUT2D eigenvalue weighted by Gasteiger charge is -2.17. The van der Waals surface area contributed by atoms with Crippen LogP contribution in [0.4, 0.5) is 0 Å². The zero-order valence-electron chi connectivity index (χ0n) is 11.0. The first-order valence-corrected chi connectivity index (χ1v) is 8.08. The summed E-state index contributed by atoms with van der Waals surface area (Å²) in [5, 5.41) is 3.88. The Morgan fingerprint density at radius 1 is 1.45 bits per heavy atom. The molecule has 0 aromatic heterocycles. The Morgan fingerprint density at radius 3 is 2.60 bits per heavy atom. The molecule has 20 heavy (non-hydrogen) atoms. The first-order valence-electron chi connectivity index (χ1n) is 6.10. The molecule has 3 nitrogen and oxygen atoms in total. The molecule has 1 saturated carbocycles. The number of amides is 1. The molecule has 1 amide bonds. The number of carbonyl (C=O) groups excluding carboxylic acids is 1. The molecule has 0 saturated heterocycles. The number of hydrogen-bond acceptors (Lipinski definition) is 3. The van der Waals surface area contributed by atoms with Gasteiger partial charge in [-0.05, 0) is 37.1 Å². The van der Waals surface area contributed by atoms with Gasteiger partial charge in [0.25, 0.3) is 5.91 Å².